The zero-order chi connectivity index (χ0) is 29.5. The molecule has 2 N–H and O–H groups in total. The van der Waals surface area contributed by atoms with Crippen molar-refractivity contribution in [3.8, 4) is 11.5 Å². The quantitative estimate of drug-likeness (QED) is 0.0838. The first kappa shape index (κ1) is 30.3. The van der Waals surface area contributed by atoms with E-state index in [1.165, 1.54) is 25.5 Å². The van der Waals surface area contributed by atoms with Gasteiger partial charge in [-0.25, -0.2) is 10.2 Å². The summed E-state index contributed by atoms with van der Waals surface area (Å²) in [6.07, 6.45) is 1.34. The highest BCUT2D eigenvalue weighted by Gasteiger charge is 2.17. The van der Waals surface area contributed by atoms with Crippen LogP contribution in [0.4, 0.5) is 5.69 Å². The highest BCUT2D eigenvalue weighted by molar-refractivity contribution is 9.11. The van der Waals surface area contributed by atoms with E-state index in [4.69, 9.17) is 32.7 Å². The molecule has 8 nitrogen and oxygen atoms in total. The Balaban J connectivity index is 1.47. The molecular weight excluding hydrogens is 701 g/mol. The van der Waals surface area contributed by atoms with E-state index < -0.39 is 17.8 Å². The van der Waals surface area contributed by atoms with Gasteiger partial charge in [0.2, 0.25) is 0 Å². The van der Waals surface area contributed by atoms with Gasteiger partial charge < -0.3 is 14.8 Å². The third-order valence-corrected chi connectivity index (χ3v) is 7.00. The van der Waals surface area contributed by atoms with Crippen molar-refractivity contribution in [1.82, 2.24) is 5.43 Å². The van der Waals surface area contributed by atoms with Crippen molar-refractivity contribution in [1.29, 1.82) is 0 Å². The molecule has 0 heterocycles. The lowest BCUT2D eigenvalue weighted by Crippen LogP contribution is -2.19. The SMILES string of the molecule is COc1ccc(Cl)cc1C(=O)Nc1cccc(C(=O)NN=Cc2cc(Br)cc(Br)c2OC(=O)c2ccc(Cl)cc2)c1. The molecule has 41 heavy (non-hydrogen) atoms. The van der Waals surface area contributed by atoms with Crippen molar-refractivity contribution in [2.24, 2.45) is 5.10 Å². The fraction of sp³-hybridized carbons (Fsp3) is 0.0345. The summed E-state index contributed by atoms with van der Waals surface area (Å²) < 4.78 is 12.0. The molecule has 0 saturated heterocycles. The number of hydrogen-bond acceptors (Lipinski definition) is 6. The fourth-order valence-electron chi connectivity index (χ4n) is 3.54. The zero-order valence-corrected chi connectivity index (χ0v) is 25.8. The van der Waals surface area contributed by atoms with Crippen LogP contribution in [0, 0.1) is 0 Å². The van der Waals surface area contributed by atoms with E-state index in [0.717, 1.165) is 0 Å². The van der Waals surface area contributed by atoms with Crippen LogP contribution >= 0.6 is 55.1 Å². The summed E-state index contributed by atoms with van der Waals surface area (Å²) in [5, 5.41) is 7.63. The topological polar surface area (TPSA) is 106 Å². The first-order chi connectivity index (χ1) is 19.6. The number of halogens is 4. The number of carbonyl (C=O) groups excluding carboxylic acids is 3. The van der Waals surface area contributed by atoms with Gasteiger partial charge in [0, 0.05) is 31.3 Å². The van der Waals surface area contributed by atoms with Gasteiger partial charge in [-0.05, 0) is 88.7 Å². The molecule has 4 aromatic carbocycles. The van der Waals surface area contributed by atoms with E-state index in [0.29, 0.717) is 41.6 Å². The van der Waals surface area contributed by atoms with Crippen molar-refractivity contribution >= 4 is 84.7 Å². The molecule has 0 saturated carbocycles. The summed E-state index contributed by atoms with van der Waals surface area (Å²) in [6, 6.07) is 20.6. The molecule has 4 rings (SSSR count). The van der Waals surface area contributed by atoms with Gasteiger partial charge in [-0.1, -0.05) is 45.2 Å². The standard InChI is InChI=1S/C29H19Br2Cl2N3O5/c1-40-25-10-9-21(33)14-23(25)28(38)35-22-4-2-3-17(12-22)27(37)36-34-15-18-11-19(30)13-24(31)26(18)41-29(39)16-5-7-20(32)8-6-16/h2-15H,1H3,(H,35,38)(H,36,37). The molecule has 0 aliphatic heterocycles. The van der Waals surface area contributed by atoms with E-state index >= 15 is 0 Å². The van der Waals surface area contributed by atoms with E-state index in [2.05, 4.69) is 47.7 Å². The van der Waals surface area contributed by atoms with Crippen LogP contribution in [0.2, 0.25) is 10.0 Å². The highest BCUT2D eigenvalue weighted by atomic mass is 79.9. The Kier molecular flexibility index (Phi) is 10.2. The molecule has 2 amide bonds. The lowest BCUT2D eigenvalue weighted by atomic mass is 10.1. The van der Waals surface area contributed by atoms with Crippen molar-refractivity contribution in [3.05, 3.63) is 120 Å². The van der Waals surface area contributed by atoms with Crippen LogP contribution in [0.15, 0.2) is 92.9 Å². The second-order valence-corrected chi connectivity index (χ2v) is 10.9. The molecule has 0 aliphatic rings. The highest BCUT2D eigenvalue weighted by Crippen LogP contribution is 2.33. The molecule has 0 unspecified atom stereocenters. The number of rotatable bonds is 8. The monoisotopic (exact) mass is 717 g/mol. The number of nitrogens with one attached hydrogen (secondary N) is 2. The van der Waals surface area contributed by atoms with Gasteiger partial charge in [-0.15, -0.1) is 0 Å². The van der Waals surface area contributed by atoms with Crippen molar-refractivity contribution < 1.29 is 23.9 Å². The van der Waals surface area contributed by atoms with Crippen LogP contribution in [0.25, 0.3) is 0 Å². The van der Waals surface area contributed by atoms with Gasteiger partial charge >= 0.3 is 5.97 Å². The predicted molar refractivity (Wildman–Crippen MR) is 166 cm³/mol. The first-order valence-corrected chi connectivity index (χ1v) is 14.0. The number of carbonyl (C=O) groups is 3. The number of methoxy groups -OCH3 is 1. The van der Waals surface area contributed by atoms with Crippen LogP contribution in [-0.2, 0) is 0 Å². The number of amides is 2. The number of nitrogens with zero attached hydrogens (tertiary/aromatic N) is 1. The Morgan fingerprint density at radius 1 is 0.854 bits per heavy atom. The molecule has 0 bridgehead atoms. The van der Waals surface area contributed by atoms with Crippen LogP contribution in [0.5, 0.6) is 11.5 Å². The maximum Gasteiger partial charge on any atom is 0.343 e. The van der Waals surface area contributed by atoms with Gasteiger partial charge in [0.25, 0.3) is 11.8 Å². The Morgan fingerprint density at radius 2 is 1.59 bits per heavy atom. The summed E-state index contributed by atoms with van der Waals surface area (Å²) >= 11 is 18.7. The number of hydrogen-bond donors (Lipinski definition) is 2. The first-order valence-electron chi connectivity index (χ1n) is 11.7. The molecule has 0 fully saturated rings. The lowest BCUT2D eigenvalue weighted by molar-refractivity contribution is 0.0732. The molecule has 12 heteroatoms. The molecule has 0 spiro atoms. The van der Waals surface area contributed by atoms with E-state index in [1.54, 1.807) is 66.7 Å². The summed E-state index contributed by atoms with van der Waals surface area (Å²) in [5.74, 6) is -1.04. The minimum absolute atomic E-state index is 0.201. The molecular formula is C29H19Br2Cl2N3O5. The van der Waals surface area contributed by atoms with Gasteiger partial charge in [0.15, 0.2) is 5.75 Å². The van der Waals surface area contributed by atoms with E-state index in [1.807, 2.05) is 0 Å². The van der Waals surface area contributed by atoms with Gasteiger partial charge in [0.1, 0.15) is 5.75 Å². The van der Waals surface area contributed by atoms with Crippen LogP contribution in [0.3, 0.4) is 0 Å². The zero-order valence-electron chi connectivity index (χ0n) is 21.1. The molecule has 0 radical (unpaired) electrons. The Bertz CT molecular complexity index is 1660. The smallest absolute Gasteiger partial charge is 0.343 e. The average Bonchev–Trinajstić information content (AvgIpc) is 2.95. The molecule has 0 aromatic heterocycles. The maximum atomic E-state index is 12.8. The fourth-order valence-corrected chi connectivity index (χ4v) is 5.18. The second kappa shape index (κ2) is 13.8. The van der Waals surface area contributed by atoms with E-state index in [-0.39, 0.29) is 16.9 Å². The minimum atomic E-state index is -0.599. The summed E-state index contributed by atoms with van der Waals surface area (Å²) in [7, 11) is 1.45. The molecule has 0 atom stereocenters. The van der Waals surface area contributed by atoms with Crippen molar-refractivity contribution in [3.63, 3.8) is 0 Å². The van der Waals surface area contributed by atoms with E-state index in [9.17, 15) is 14.4 Å². The normalized spacial score (nSPS) is 10.8. The predicted octanol–water partition coefficient (Wildman–Crippen LogP) is 7.76. The number of esters is 1. The number of benzene rings is 4. The Labute approximate surface area is 261 Å². The second-order valence-electron chi connectivity index (χ2n) is 8.28. The molecule has 4 aromatic rings. The number of hydrazone groups is 1. The summed E-state index contributed by atoms with van der Waals surface area (Å²) in [6.45, 7) is 0. The largest absolute Gasteiger partial charge is 0.496 e. The summed E-state index contributed by atoms with van der Waals surface area (Å²) in [5.41, 5.74) is 4.01. The minimum Gasteiger partial charge on any atom is -0.496 e. The van der Waals surface area contributed by atoms with Crippen LogP contribution < -0.4 is 20.2 Å². The van der Waals surface area contributed by atoms with Crippen molar-refractivity contribution in [2.45, 2.75) is 0 Å². The Morgan fingerprint density at radius 3 is 2.32 bits per heavy atom. The number of ether oxygens (including phenoxy) is 2. The average molecular weight is 720 g/mol. The lowest BCUT2D eigenvalue weighted by Gasteiger charge is -2.11. The summed E-state index contributed by atoms with van der Waals surface area (Å²) in [4.78, 5) is 38.3. The molecule has 208 valence electrons. The third-order valence-electron chi connectivity index (χ3n) is 5.47. The third kappa shape index (κ3) is 7.95. The maximum absolute atomic E-state index is 12.8. The van der Waals surface area contributed by atoms with Crippen LogP contribution in [0.1, 0.15) is 36.6 Å². The van der Waals surface area contributed by atoms with Crippen LogP contribution in [-0.4, -0.2) is 31.1 Å². The van der Waals surface area contributed by atoms with Gasteiger partial charge in [-0.2, -0.15) is 5.10 Å². The number of anilines is 1. The Hall–Kier alpha value is -3.70. The van der Waals surface area contributed by atoms with Crippen molar-refractivity contribution in [2.75, 3.05) is 12.4 Å². The molecule has 0 aliphatic carbocycles. The van der Waals surface area contributed by atoms with Gasteiger partial charge in [-0.3, -0.25) is 9.59 Å². The van der Waals surface area contributed by atoms with Gasteiger partial charge in [0.05, 0.1) is 28.9 Å².